The number of ether oxygens (including phenoxy) is 2. The van der Waals surface area contributed by atoms with Crippen LogP contribution in [-0.4, -0.2) is 31.1 Å². The summed E-state index contributed by atoms with van der Waals surface area (Å²) < 4.78 is 68.3. The molecule has 5 rings (SSSR count). The number of hydrogen-bond donors (Lipinski definition) is 2. The molecule has 4 aromatic rings. The van der Waals surface area contributed by atoms with Crippen molar-refractivity contribution >= 4 is 37.0 Å². The number of sulfonamides is 2. The van der Waals surface area contributed by atoms with Crippen LogP contribution in [0.15, 0.2) is 100 Å². The van der Waals surface area contributed by atoms with Crippen molar-refractivity contribution in [2.24, 2.45) is 0 Å². The zero-order valence-electron chi connectivity index (χ0n) is 22.2. The molecule has 0 spiro atoms. The molecule has 0 amide bonds. The average Bonchev–Trinajstić information content (AvgIpc) is 3.31. The minimum atomic E-state index is -4.07. The van der Waals surface area contributed by atoms with Gasteiger partial charge >= 0.3 is 0 Å². The van der Waals surface area contributed by atoms with Gasteiger partial charge in [-0.25, -0.2) is 16.8 Å². The molecule has 0 aliphatic heterocycles. The highest BCUT2D eigenvalue weighted by molar-refractivity contribution is 7.93. The Balaban J connectivity index is 1.55. The van der Waals surface area contributed by atoms with Crippen molar-refractivity contribution in [3.63, 3.8) is 0 Å². The lowest BCUT2D eigenvalue weighted by atomic mass is 9.99. The Morgan fingerprint density at radius 3 is 1.31 bits per heavy atom. The first kappa shape index (κ1) is 28.2. The summed E-state index contributed by atoms with van der Waals surface area (Å²) in [6, 6.07) is 25.1. The Bertz CT molecular complexity index is 1890. The fraction of sp³-hybridized carbons (Fsp3) is 0.0667. The Labute approximate surface area is 243 Å². The lowest BCUT2D eigenvalue weighted by Gasteiger charge is -2.11. The van der Waals surface area contributed by atoms with Crippen molar-refractivity contribution in [3.8, 4) is 34.8 Å². The molecule has 1 aliphatic rings. The third-order valence-corrected chi connectivity index (χ3v) is 9.35. The van der Waals surface area contributed by atoms with Crippen molar-refractivity contribution in [2.45, 2.75) is 9.79 Å². The predicted octanol–water partition coefficient (Wildman–Crippen LogP) is 5.13. The molecule has 1 aliphatic carbocycles. The summed E-state index contributed by atoms with van der Waals surface area (Å²) in [6.07, 6.45) is 0. The Morgan fingerprint density at radius 1 is 0.595 bits per heavy atom. The highest BCUT2D eigenvalue weighted by Crippen LogP contribution is 2.47. The van der Waals surface area contributed by atoms with E-state index in [9.17, 15) is 27.4 Å². The SMILES string of the molecule is COc1ccc(NS(=O)(=O)c2ccc3c(c2)C(=C(C#N)C#N)c2cc(S(=O)(=O)Nc4ccc(OC)cc4)ccc2-3)cc1. The van der Waals surface area contributed by atoms with Crippen molar-refractivity contribution < 1.29 is 26.3 Å². The lowest BCUT2D eigenvalue weighted by molar-refractivity contribution is 0.415. The number of allylic oxidation sites excluding steroid dienone is 1. The van der Waals surface area contributed by atoms with Crippen LogP contribution >= 0.6 is 0 Å². The van der Waals surface area contributed by atoms with Crippen LogP contribution in [0.1, 0.15) is 11.1 Å². The van der Waals surface area contributed by atoms with Crippen LogP contribution in [0.25, 0.3) is 16.7 Å². The summed E-state index contributed by atoms with van der Waals surface area (Å²) in [5.74, 6) is 1.12. The van der Waals surface area contributed by atoms with E-state index in [-0.39, 0.29) is 20.9 Å². The van der Waals surface area contributed by atoms with Gasteiger partial charge in [0, 0.05) is 16.9 Å². The smallest absolute Gasteiger partial charge is 0.261 e. The fourth-order valence-electron chi connectivity index (χ4n) is 4.56. The third-order valence-electron chi connectivity index (χ3n) is 6.59. The molecule has 0 atom stereocenters. The summed E-state index contributed by atoms with van der Waals surface area (Å²) in [6.45, 7) is 0. The van der Waals surface area contributed by atoms with Gasteiger partial charge in [0.1, 0.15) is 29.2 Å². The number of methoxy groups -OCH3 is 2. The number of fused-ring (bicyclic) bond motifs is 3. The molecular weight excluding hydrogens is 576 g/mol. The van der Waals surface area contributed by atoms with Gasteiger partial charge in [-0.1, -0.05) is 12.1 Å². The van der Waals surface area contributed by atoms with Crippen LogP contribution in [0.4, 0.5) is 11.4 Å². The Morgan fingerprint density at radius 2 is 0.976 bits per heavy atom. The first-order chi connectivity index (χ1) is 20.1. The molecule has 0 heterocycles. The Kier molecular flexibility index (Phi) is 7.35. The minimum absolute atomic E-state index is 0.105. The number of anilines is 2. The number of rotatable bonds is 8. The van der Waals surface area contributed by atoms with E-state index in [1.807, 2.05) is 12.1 Å². The van der Waals surface area contributed by atoms with Crippen LogP contribution in [0.3, 0.4) is 0 Å². The second-order valence-electron chi connectivity index (χ2n) is 9.06. The summed E-state index contributed by atoms with van der Waals surface area (Å²) in [5, 5.41) is 19.5. The Hall–Kier alpha value is -5.30. The summed E-state index contributed by atoms with van der Waals surface area (Å²) in [7, 11) is -5.14. The molecule has 4 aromatic carbocycles. The van der Waals surface area contributed by atoms with E-state index in [1.165, 1.54) is 38.5 Å². The van der Waals surface area contributed by atoms with E-state index in [4.69, 9.17) is 9.47 Å². The number of nitriles is 2. The van der Waals surface area contributed by atoms with E-state index < -0.39 is 20.0 Å². The van der Waals surface area contributed by atoms with Crippen LogP contribution in [0.5, 0.6) is 11.5 Å². The highest BCUT2D eigenvalue weighted by atomic mass is 32.2. The molecule has 0 bridgehead atoms. The van der Waals surface area contributed by atoms with E-state index in [1.54, 1.807) is 60.7 Å². The predicted molar refractivity (Wildman–Crippen MR) is 157 cm³/mol. The van der Waals surface area contributed by atoms with Crippen LogP contribution in [0, 0.1) is 22.7 Å². The van der Waals surface area contributed by atoms with E-state index in [0.717, 1.165) is 0 Å². The first-order valence-corrected chi connectivity index (χ1v) is 15.2. The van der Waals surface area contributed by atoms with Crippen molar-refractivity contribution in [3.05, 3.63) is 102 Å². The molecule has 0 aromatic heterocycles. The van der Waals surface area contributed by atoms with E-state index >= 15 is 0 Å². The van der Waals surface area contributed by atoms with Crippen molar-refractivity contribution in [2.75, 3.05) is 23.7 Å². The molecule has 42 heavy (non-hydrogen) atoms. The summed E-state index contributed by atoms with van der Waals surface area (Å²) >= 11 is 0. The molecule has 0 saturated carbocycles. The monoisotopic (exact) mass is 598 g/mol. The van der Waals surface area contributed by atoms with Crippen molar-refractivity contribution in [1.82, 2.24) is 0 Å². The van der Waals surface area contributed by atoms with E-state index in [0.29, 0.717) is 45.1 Å². The summed E-state index contributed by atoms with van der Waals surface area (Å²) in [5.41, 5.74) is 2.22. The largest absolute Gasteiger partial charge is 0.497 e. The van der Waals surface area contributed by atoms with Crippen LogP contribution in [-0.2, 0) is 20.0 Å². The fourth-order valence-corrected chi connectivity index (χ4v) is 6.73. The molecule has 0 saturated heterocycles. The maximum Gasteiger partial charge on any atom is 0.261 e. The standard InChI is InChI=1S/C30H22N4O6S2/c1-39-22-7-3-20(4-8-22)33-41(35,36)24-11-13-26-27-14-12-25(16-29(27)30(28(26)15-24)19(17-31)18-32)42(37,38)34-21-5-9-23(40-2)10-6-21/h3-16,33-34H,1-2H3. The number of nitrogens with one attached hydrogen (secondary N) is 2. The van der Waals surface area contributed by atoms with Crippen LogP contribution < -0.4 is 18.9 Å². The van der Waals surface area contributed by atoms with Gasteiger partial charge in [0.25, 0.3) is 20.0 Å². The molecule has 0 fully saturated rings. The number of hydrogen-bond acceptors (Lipinski definition) is 8. The third kappa shape index (κ3) is 5.24. The van der Waals surface area contributed by atoms with Gasteiger partial charge in [0.2, 0.25) is 0 Å². The molecule has 10 nitrogen and oxygen atoms in total. The van der Waals surface area contributed by atoms with Crippen molar-refractivity contribution in [1.29, 1.82) is 10.5 Å². The topological polar surface area (TPSA) is 158 Å². The van der Waals surface area contributed by atoms with Gasteiger partial charge in [-0.15, -0.1) is 0 Å². The van der Waals surface area contributed by atoms with Gasteiger partial charge in [0.05, 0.1) is 24.0 Å². The maximum atomic E-state index is 13.3. The zero-order valence-corrected chi connectivity index (χ0v) is 23.9. The second-order valence-corrected chi connectivity index (χ2v) is 12.4. The van der Waals surface area contributed by atoms with Gasteiger partial charge in [-0.05, 0) is 95.1 Å². The van der Waals surface area contributed by atoms with Gasteiger partial charge in [-0.3, -0.25) is 9.44 Å². The molecule has 12 heteroatoms. The quantitative estimate of drug-likeness (QED) is 0.233. The molecule has 0 unspecified atom stereocenters. The normalized spacial score (nSPS) is 11.9. The highest BCUT2D eigenvalue weighted by Gasteiger charge is 2.30. The average molecular weight is 599 g/mol. The maximum absolute atomic E-state index is 13.3. The van der Waals surface area contributed by atoms with Gasteiger partial charge < -0.3 is 9.47 Å². The first-order valence-electron chi connectivity index (χ1n) is 12.3. The lowest BCUT2D eigenvalue weighted by Crippen LogP contribution is -2.13. The zero-order chi connectivity index (χ0) is 30.1. The molecular formula is C30H22N4O6S2. The van der Waals surface area contributed by atoms with Crippen LogP contribution in [0.2, 0.25) is 0 Å². The molecule has 210 valence electrons. The van der Waals surface area contributed by atoms with E-state index in [2.05, 4.69) is 9.44 Å². The molecule has 0 radical (unpaired) electrons. The number of nitrogens with zero attached hydrogens (tertiary/aromatic N) is 2. The van der Waals surface area contributed by atoms with Gasteiger partial charge in [0.15, 0.2) is 0 Å². The summed E-state index contributed by atoms with van der Waals surface area (Å²) in [4.78, 5) is -0.210. The van der Waals surface area contributed by atoms with Gasteiger partial charge in [-0.2, -0.15) is 10.5 Å². The minimum Gasteiger partial charge on any atom is -0.497 e. The second kappa shape index (κ2) is 10.9. The molecule has 2 N–H and O–H groups in total. The number of benzene rings is 4.